The molecule has 104 valence electrons. The summed E-state index contributed by atoms with van der Waals surface area (Å²) in [7, 11) is 0. The molecule has 4 heteroatoms. The maximum Gasteiger partial charge on any atom is 0.313 e. The van der Waals surface area contributed by atoms with Crippen LogP contribution in [0.1, 0.15) is 25.8 Å². The highest BCUT2D eigenvalue weighted by molar-refractivity contribution is 5.94. The van der Waals surface area contributed by atoms with Gasteiger partial charge >= 0.3 is 5.97 Å². The van der Waals surface area contributed by atoms with Gasteiger partial charge in [-0.3, -0.25) is 14.5 Å². The van der Waals surface area contributed by atoms with Crippen molar-refractivity contribution >= 4 is 11.8 Å². The first-order valence-electron chi connectivity index (χ1n) is 6.53. The van der Waals surface area contributed by atoms with Crippen molar-refractivity contribution in [1.29, 1.82) is 0 Å². The second-order valence-corrected chi connectivity index (χ2v) is 4.45. The van der Waals surface area contributed by atoms with E-state index in [1.54, 1.807) is 0 Å². The Kier molecular flexibility index (Phi) is 6.82. The van der Waals surface area contributed by atoms with Gasteiger partial charge in [-0.1, -0.05) is 37.3 Å². The van der Waals surface area contributed by atoms with E-state index in [1.165, 1.54) is 12.5 Å². The van der Waals surface area contributed by atoms with Crippen molar-refractivity contribution in [1.82, 2.24) is 4.90 Å². The molecule has 1 aromatic carbocycles. The normalized spacial score (nSPS) is 10.5. The van der Waals surface area contributed by atoms with Crippen LogP contribution in [0.2, 0.25) is 0 Å². The summed E-state index contributed by atoms with van der Waals surface area (Å²) in [5, 5.41) is 0. The molecular weight excluding hydrogens is 242 g/mol. The molecule has 0 saturated carbocycles. The Bertz CT molecular complexity index is 403. The highest BCUT2D eigenvalue weighted by Crippen LogP contribution is 2.03. The second kappa shape index (κ2) is 8.43. The number of Topliss-reactive ketones (excluding diaryl/α,β-unsaturated/α-hetero) is 1. The van der Waals surface area contributed by atoms with Gasteiger partial charge in [0.1, 0.15) is 18.8 Å². The number of likely N-dealkylation sites (N-methyl/N-ethyl adjacent to an activating group) is 1. The first kappa shape index (κ1) is 15.4. The molecular formula is C15H21NO3. The van der Waals surface area contributed by atoms with Gasteiger partial charge in [0.05, 0.1) is 0 Å². The Morgan fingerprint density at radius 3 is 2.47 bits per heavy atom. The largest absolute Gasteiger partial charge is 0.464 e. The van der Waals surface area contributed by atoms with Crippen LogP contribution in [0, 0.1) is 0 Å². The number of nitrogens with zero attached hydrogens (tertiary/aromatic N) is 1. The minimum absolute atomic E-state index is 0.134. The summed E-state index contributed by atoms with van der Waals surface area (Å²) < 4.78 is 5.02. The third-order valence-corrected chi connectivity index (χ3v) is 2.76. The maximum absolute atomic E-state index is 11.2. The number of ether oxygens (including phenoxy) is 1. The number of hydrogen-bond acceptors (Lipinski definition) is 4. The Morgan fingerprint density at radius 2 is 1.89 bits per heavy atom. The molecule has 0 aliphatic carbocycles. The lowest BCUT2D eigenvalue weighted by Gasteiger charge is -2.20. The second-order valence-electron chi connectivity index (χ2n) is 4.45. The minimum Gasteiger partial charge on any atom is -0.464 e. The molecule has 0 aliphatic rings. The van der Waals surface area contributed by atoms with Crippen LogP contribution in [-0.2, 0) is 20.9 Å². The lowest BCUT2D eigenvalue weighted by atomic mass is 10.2. The monoisotopic (exact) mass is 263 g/mol. The van der Waals surface area contributed by atoms with E-state index in [0.29, 0.717) is 13.2 Å². The average Bonchev–Trinajstić information content (AvgIpc) is 2.38. The van der Waals surface area contributed by atoms with Gasteiger partial charge in [0, 0.05) is 13.1 Å². The van der Waals surface area contributed by atoms with Crippen LogP contribution in [0.3, 0.4) is 0 Å². The number of benzene rings is 1. The summed E-state index contributed by atoms with van der Waals surface area (Å²) in [6, 6.07) is 10.2. The Morgan fingerprint density at radius 1 is 1.21 bits per heavy atom. The number of hydrogen-bond donors (Lipinski definition) is 0. The van der Waals surface area contributed by atoms with Gasteiger partial charge in [0.2, 0.25) is 0 Å². The molecule has 0 atom stereocenters. The maximum atomic E-state index is 11.2. The van der Waals surface area contributed by atoms with Gasteiger partial charge in [0.15, 0.2) is 0 Å². The van der Waals surface area contributed by atoms with E-state index < -0.39 is 5.97 Å². The van der Waals surface area contributed by atoms with Crippen LogP contribution >= 0.6 is 0 Å². The molecule has 4 nitrogen and oxygen atoms in total. The molecule has 0 bridgehead atoms. The summed E-state index contributed by atoms with van der Waals surface area (Å²) in [5.41, 5.74) is 1.24. The molecule has 0 amide bonds. The van der Waals surface area contributed by atoms with E-state index in [-0.39, 0.29) is 12.2 Å². The molecule has 0 heterocycles. The highest BCUT2D eigenvalue weighted by atomic mass is 16.5. The smallest absolute Gasteiger partial charge is 0.313 e. The first-order chi connectivity index (χ1) is 9.11. The topological polar surface area (TPSA) is 46.6 Å². The van der Waals surface area contributed by atoms with Gasteiger partial charge in [-0.25, -0.2) is 0 Å². The van der Waals surface area contributed by atoms with Gasteiger partial charge in [-0.15, -0.1) is 0 Å². The van der Waals surface area contributed by atoms with Crippen LogP contribution < -0.4 is 0 Å². The van der Waals surface area contributed by atoms with E-state index >= 15 is 0 Å². The van der Waals surface area contributed by atoms with Crippen LogP contribution in [0.15, 0.2) is 30.3 Å². The molecule has 0 aliphatic heterocycles. The SMILES string of the molecule is CCN(CCOC(=O)CC(C)=O)Cc1ccccc1. The van der Waals surface area contributed by atoms with Crippen molar-refractivity contribution in [2.45, 2.75) is 26.8 Å². The van der Waals surface area contributed by atoms with Crippen molar-refractivity contribution in [2.75, 3.05) is 19.7 Å². The third kappa shape index (κ3) is 6.72. The van der Waals surface area contributed by atoms with Crippen LogP contribution in [0.25, 0.3) is 0 Å². The summed E-state index contributed by atoms with van der Waals surface area (Å²) in [4.78, 5) is 24.1. The fourth-order valence-corrected chi connectivity index (χ4v) is 1.73. The number of carbonyl (C=O) groups excluding carboxylic acids is 2. The fourth-order valence-electron chi connectivity index (χ4n) is 1.73. The highest BCUT2D eigenvalue weighted by Gasteiger charge is 2.08. The summed E-state index contributed by atoms with van der Waals surface area (Å²) >= 11 is 0. The Labute approximate surface area is 114 Å². The van der Waals surface area contributed by atoms with E-state index in [4.69, 9.17) is 4.74 Å². The minimum atomic E-state index is -0.441. The van der Waals surface area contributed by atoms with Crippen molar-refractivity contribution in [2.24, 2.45) is 0 Å². The predicted octanol–water partition coefficient (Wildman–Crippen LogP) is 2.03. The van der Waals surface area contributed by atoms with Crippen molar-refractivity contribution in [3.8, 4) is 0 Å². The Balaban J connectivity index is 2.29. The summed E-state index contributed by atoms with van der Waals surface area (Å²) in [6.45, 7) is 6.18. The quantitative estimate of drug-likeness (QED) is 0.532. The molecule has 0 saturated heterocycles. The van der Waals surface area contributed by atoms with Crippen LogP contribution in [0.5, 0.6) is 0 Å². The summed E-state index contributed by atoms with van der Waals surface area (Å²) in [6.07, 6.45) is -0.134. The molecule has 0 unspecified atom stereocenters. The zero-order valence-electron chi connectivity index (χ0n) is 11.6. The van der Waals surface area contributed by atoms with Crippen LogP contribution in [-0.4, -0.2) is 36.3 Å². The molecule has 0 spiro atoms. The molecule has 0 radical (unpaired) electrons. The zero-order chi connectivity index (χ0) is 14.1. The molecule has 1 rings (SSSR count). The average molecular weight is 263 g/mol. The lowest BCUT2D eigenvalue weighted by molar-refractivity contribution is -0.146. The van der Waals surface area contributed by atoms with E-state index in [0.717, 1.165) is 13.1 Å². The fraction of sp³-hybridized carbons (Fsp3) is 0.467. The van der Waals surface area contributed by atoms with Gasteiger partial charge in [0.25, 0.3) is 0 Å². The molecule has 0 fully saturated rings. The lowest BCUT2D eigenvalue weighted by Crippen LogP contribution is -2.28. The van der Waals surface area contributed by atoms with Crippen molar-refractivity contribution in [3.63, 3.8) is 0 Å². The number of ketones is 1. The zero-order valence-corrected chi connectivity index (χ0v) is 11.6. The molecule has 0 aromatic heterocycles. The van der Waals surface area contributed by atoms with Gasteiger partial charge < -0.3 is 4.74 Å². The first-order valence-corrected chi connectivity index (χ1v) is 6.53. The van der Waals surface area contributed by atoms with Gasteiger partial charge in [-0.2, -0.15) is 0 Å². The van der Waals surface area contributed by atoms with Crippen molar-refractivity contribution < 1.29 is 14.3 Å². The molecule has 0 N–H and O–H groups in total. The van der Waals surface area contributed by atoms with Crippen LogP contribution in [0.4, 0.5) is 0 Å². The number of carbonyl (C=O) groups is 2. The van der Waals surface area contributed by atoms with Crippen molar-refractivity contribution in [3.05, 3.63) is 35.9 Å². The Hall–Kier alpha value is -1.68. The predicted molar refractivity (Wildman–Crippen MR) is 73.7 cm³/mol. The van der Waals surface area contributed by atoms with E-state index in [1.807, 2.05) is 18.2 Å². The van der Waals surface area contributed by atoms with E-state index in [2.05, 4.69) is 24.0 Å². The van der Waals surface area contributed by atoms with Gasteiger partial charge in [-0.05, 0) is 19.0 Å². The number of rotatable bonds is 8. The summed E-state index contributed by atoms with van der Waals surface area (Å²) in [5.74, 6) is -0.607. The molecule has 19 heavy (non-hydrogen) atoms. The molecule has 1 aromatic rings. The number of esters is 1. The standard InChI is InChI=1S/C15H21NO3/c1-3-16(12-14-7-5-4-6-8-14)9-10-19-15(18)11-13(2)17/h4-8H,3,9-12H2,1-2H3. The van der Waals surface area contributed by atoms with E-state index in [9.17, 15) is 9.59 Å². The third-order valence-electron chi connectivity index (χ3n) is 2.76.